The largest absolute Gasteiger partial charge is 0.475 e. The van der Waals surface area contributed by atoms with Crippen LogP contribution in [0.5, 0.6) is 5.88 Å². The number of nitrogens with zero attached hydrogens (tertiary/aromatic N) is 1. The summed E-state index contributed by atoms with van der Waals surface area (Å²) in [6.07, 6.45) is 1.34. The first-order valence-corrected chi connectivity index (χ1v) is 6.23. The van der Waals surface area contributed by atoms with Crippen molar-refractivity contribution in [1.29, 1.82) is 0 Å². The van der Waals surface area contributed by atoms with Gasteiger partial charge in [0, 0.05) is 12.1 Å². The Hall–Kier alpha value is -1.20. The molecule has 0 bridgehead atoms. The molecule has 0 saturated carbocycles. The Morgan fingerprint density at radius 1 is 1.39 bits per heavy atom. The number of rotatable bonds is 8. The summed E-state index contributed by atoms with van der Waals surface area (Å²) in [5, 5.41) is 3.12. The van der Waals surface area contributed by atoms with Crippen LogP contribution in [0.25, 0.3) is 0 Å². The van der Waals surface area contributed by atoms with E-state index in [0.717, 1.165) is 18.3 Å². The van der Waals surface area contributed by atoms with E-state index >= 15 is 0 Å². The van der Waals surface area contributed by atoms with Crippen molar-refractivity contribution in [2.24, 2.45) is 0 Å². The Kier molecular flexibility index (Phi) is 6.60. The van der Waals surface area contributed by atoms with Crippen molar-refractivity contribution in [1.82, 2.24) is 10.3 Å². The van der Waals surface area contributed by atoms with E-state index in [2.05, 4.69) is 10.3 Å². The van der Waals surface area contributed by atoms with Crippen LogP contribution in [0.2, 0.25) is 0 Å². The molecule has 0 atom stereocenters. The van der Waals surface area contributed by atoms with Crippen LogP contribution >= 0.6 is 0 Å². The second kappa shape index (κ2) is 8.00. The molecule has 1 aromatic heterocycles. The first-order chi connectivity index (χ1) is 8.63. The van der Waals surface area contributed by atoms with E-state index in [-0.39, 0.29) is 11.9 Å². The van der Waals surface area contributed by atoms with Crippen LogP contribution in [-0.4, -0.2) is 30.8 Å². The molecule has 0 aromatic carbocycles. The number of halogens is 1. The van der Waals surface area contributed by atoms with E-state index in [1.165, 1.54) is 6.07 Å². The first-order valence-electron chi connectivity index (χ1n) is 6.23. The maximum atomic E-state index is 13.1. The summed E-state index contributed by atoms with van der Waals surface area (Å²) < 4.78 is 24.0. The third-order valence-electron chi connectivity index (χ3n) is 2.23. The first kappa shape index (κ1) is 14.9. The fourth-order valence-electron chi connectivity index (χ4n) is 1.41. The van der Waals surface area contributed by atoms with Gasteiger partial charge in [-0.05, 0) is 26.5 Å². The van der Waals surface area contributed by atoms with Crippen LogP contribution in [0.3, 0.4) is 0 Å². The number of nitrogens with one attached hydrogen (secondary N) is 1. The smallest absolute Gasteiger partial charge is 0.218 e. The number of aromatic nitrogens is 1. The lowest BCUT2D eigenvalue weighted by Gasteiger charge is -2.12. The highest BCUT2D eigenvalue weighted by Gasteiger charge is 2.07. The maximum absolute atomic E-state index is 13.1. The molecule has 0 amide bonds. The van der Waals surface area contributed by atoms with Crippen LogP contribution in [0.1, 0.15) is 26.3 Å². The fourth-order valence-corrected chi connectivity index (χ4v) is 1.41. The third kappa shape index (κ3) is 5.42. The van der Waals surface area contributed by atoms with E-state index in [1.54, 1.807) is 0 Å². The molecule has 0 fully saturated rings. The van der Waals surface area contributed by atoms with Crippen LogP contribution in [0.15, 0.2) is 12.3 Å². The highest BCUT2D eigenvalue weighted by Crippen LogP contribution is 2.15. The zero-order chi connectivity index (χ0) is 13.4. The Balaban J connectivity index is 2.52. The molecular weight excluding hydrogens is 235 g/mol. The highest BCUT2D eigenvalue weighted by molar-refractivity contribution is 5.26. The minimum absolute atomic E-state index is 0.177. The van der Waals surface area contributed by atoms with Crippen molar-refractivity contribution in [2.75, 3.05) is 19.8 Å². The number of hydrogen-bond acceptors (Lipinski definition) is 4. The van der Waals surface area contributed by atoms with E-state index in [1.807, 2.05) is 20.8 Å². The standard InChI is InChI=1S/C13H21FN2O2/c1-4-15-8-11-7-12(14)9-16-13(11)18-6-5-17-10(2)3/h7,9-10,15H,4-6,8H2,1-3H3. The van der Waals surface area contributed by atoms with Gasteiger partial charge in [0.2, 0.25) is 5.88 Å². The summed E-state index contributed by atoms with van der Waals surface area (Å²) in [6.45, 7) is 8.19. The molecule has 102 valence electrons. The van der Waals surface area contributed by atoms with Gasteiger partial charge in [0.15, 0.2) is 0 Å². The van der Waals surface area contributed by atoms with Gasteiger partial charge in [0.25, 0.3) is 0 Å². The topological polar surface area (TPSA) is 43.4 Å². The van der Waals surface area contributed by atoms with E-state index in [9.17, 15) is 4.39 Å². The minimum atomic E-state index is -0.353. The third-order valence-corrected chi connectivity index (χ3v) is 2.23. The van der Waals surface area contributed by atoms with Crippen molar-refractivity contribution in [3.63, 3.8) is 0 Å². The predicted octanol–water partition coefficient (Wildman–Crippen LogP) is 2.13. The van der Waals surface area contributed by atoms with Crippen molar-refractivity contribution >= 4 is 0 Å². The second-order valence-electron chi connectivity index (χ2n) is 4.17. The van der Waals surface area contributed by atoms with Gasteiger partial charge in [-0.15, -0.1) is 0 Å². The SMILES string of the molecule is CCNCc1cc(F)cnc1OCCOC(C)C. The summed E-state index contributed by atoms with van der Waals surface area (Å²) in [5.41, 5.74) is 0.724. The molecule has 0 aliphatic carbocycles. The molecule has 0 aliphatic rings. The van der Waals surface area contributed by atoms with Gasteiger partial charge in [-0.3, -0.25) is 0 Å². The zero-order valence-electron chi connectivity index (χ0n) is 11.2. The molecular formula is C13H21FN2O2. The molecule has 0 saturated heterocycles. The summed E-state index contributed by atoms with van der Waals surface area (Å²) in [4.78, 5) is 3.96. The number of pyridine rings is 1. The maximum Gasteiger partial charge on any atom is 0.218 e. The molecule has 1 aromatic rings. The van der Waals surface area contributed by atoms with Gasteiger partial charge in [-0.25, -0.2) is 9.37 Å². The molecule has 5 heteroatoms. The summed E-state index contributed by atoms with van der Waals surface area (Å²) in [5.74, 6) is 0.110. The fraction of sp³-hybridized carbons (Fsp3) is 0.615. The van der Waals surface area contributed by atoms with E-state index in [4.69, 9.17) is 9.47 Å². The molecule has 0 spiro atoms. The van der Waals surface area contributed by atoms with Crippen LogP contribution in [0.4, 0.5) is 4.39 Å². The molecule has 0 aliphatic heterocycles. The van der Waals surface area contributed by atoms with Crippen molar-refractivity contribution in [3.05, 3.63) is 23.6 Å². The van der Waals surface area contributed by atoms with Crippen molar-refractivity contribution in [3.8, 4) is 5.88 Å². The van der Waals surface area contributed by atoms with Gasteiger partial charge in [0.1, 0.15) is 12.4 Å². The van der Waals surface area contributed by atoms with Gasteiger partial charge in [-0.1, -0.05) is 6.92 Å². The van der Waals surface area contributed by atoms with Crippen molar-refractivity contribution in [2.45, 2.75) is 33.4 Å². The second-order valence-corrected chi connectivity index (χ2v) is 4.17. The van der Waals surface area contributed by atoms with Crippen molar-refractivity contribution < 1.29 is 13.9 Å². The lowest BCUT2D eigenvalue weighted by atomic mass is 10.2. The molecule has 1 heterocycles. The normalized spacial score (nSPS) is 10.9. The molecule has 1 N–H and O–H groups in total. The average Bonchev–Trinajstić information content (AvgIpc) is 2.33. The molecule has 0 radical (unpaired) electrons. The van der Waals surface area contributed by atoms with Crippen LogP contribution in [-0.2, 0) is 11.3 Å². The van der Waals surface area contributed by atoms with Gasteiger partial charge in [-0.2, -0.15) is 0 Å². The van der Waals surface area contributed by atoms with E-state index < -0.39 is 0 Å². The highest BCUT2D eigenvalue weighted by atomic mass is 19.1. The summed E-state index contributed by atoms with van der Waals surface area (Å²) >= 11 is 0. The average molecular weight is 256 g/mol. The summed E-state index contributed by atoms with van der Waals surface area (Å²) in [6, 6.07) is 1.44. The number of hydrogen-bond donors (Lipinski definition) is 1. The molecule has 18 heavy (non-hydrogen) atoms. The Bertz CT molecular complexity index is 359. The zero-order valence-corrected chi connectivity index (χ0v) is 11.2. The minimum Gasteiger partial charge on any atom is -0.475 e. The van der Waals surface area contributed by atoms with Crippen LogP contribution < -0.4 is 10.1 Å². The number of ether oxygens (including phenoxy) is 2. The van der Waals surface area contributed by atoms with Gasteiger partial charge in [0.05, 0.1) is 18.9 Å². The van der Waals surface area contributed by atoms with Gasteiger partial charge < -0.3 is 14.8 Å². The Labute approximate surface area is 108 Å². The Morgan fingerprint density at radius 2 is 2.17 bits per heavy atom. The van der Waals surface area contributed by atoms with Gasteiger partial charge >= 0.3 is 0 Å². The lowest BCUT2D eigenvalue weighted by molar-refractivity contribution is 0.0539. The summed E-state index contributed by atoms with van der Waals surface area (Å²) in [7, 11) is 0. The molecule has 0 unspecified atom stereocenters. The lowest BCUT2D eigenvalue weighted by Crippen LogP contribution is -2.16. The monoisotopic (exact) mass is 256 g/mol. The Morgan fingerprint density at radius 3 is 2.83 bits per heavy atom. The van der Waals surface area contributed by atoms with E-state index in [0.29, 0.717) is 25.6 Å². The predicted molar refractivity (Wildman–Crippen MR) is 68.2 cm³/mol. The van der Waals surface area contributed by atoms with Crippen LogP contribution in [0, 0.1) is 5.82 Å². The quantitative estimate of drug-likeness (QED) is 0.724. The molecule has 1 rings (SSSR count). The molecule has 4 nitrogen and oxygen atoms in total.